The van der Waals surface area contributed by atoms with Gasteiger partial charge in [-0.15, -0.1) is 0 Å². The van der Waals surface area contributed by atoms with Crippen LogP contribution in [0.1, 0.15) is 56.7 Å². The van der Waals surface area contributed by atoms with E-state index in [4.69, 9.17) is 0 Å². The molecule has 0 spiro atoms. The van der Waals surface area contributed by atoms with E-state index in [0.717, 1.165) is 36.4 Å². The second-order valence-corrected chi connectivity index (χ2v) is 8.85. The summed E-state index contributed by atoms with van der Waals surface area (Å²) in [6.45, 7) is 5.59. The molecule has 4 aliphatic rings. The Hall–Kier alpha value is -1.38. The first-order chi connectivity index (χ1) is 11.5. The topological polar surface area (TPSA) is 33.0 Å². The first-order valence-electron chi connectivity index (χ1n) is 9.81. The van der Waals surface area contributed by atoms with E-state index in [-0.39, 0.29) is 5.91 Å². The molecule has 1 N–H and O–H groups in total. The Morgan fingerprint density at radius 1 is 1.17 bits per heavy atom. The van der Waals surface area contributed by atoms with Gasteiger partial charge in [0.1, 0.15) is 0 Å². The van der Waals surface area contributed by atoms with Crippen LogP contribution in [0.25, 0.3) is 0 Å². The summed E-state index contributed by atoms with van der Waals surface area (Å²) in [5.74, 6) is 3.02. The van der Waals surface area contributed by atoms with Crippen molar-refractivity contribution in [1.82, 2.24) is 5.32 Å². The smallest absolute Gasteiger partial charge is 0.286 e. The van der Waals surface area contributed by atoms with Crippen LogP contribution in [-0.4, -0.2) is 12.5 Å². The van der Waals surface area contributed by atoms with Crippen LogP contribution in [-0.2, 0) is 17.8 Å². The van der Waals surface area contributed by atoms with Crippen molar-refractivity contribution < 1.29 is 9.36 Å². The third-order valence-corrected chi connectivity index (χ3v) is 6.86. The van der Waals surface area contributed by atoms with Crippen molar-refractivity contribution in [3.05, 3.63) is 29.6 Å². The highest BCUT2D eigenvalue weighted by Gasteiger charge is 2.50. The molecule has 1 aromatic heterocycles. The van der Waals surface area contributed by atoms with Crippen molar-refractivity contribution in [2.45, 2.75) is 65.3 Å². The van der Waals surface area contributed by atoms with Gasteiger partial charge in [-0.25, -0.2) is 0 Å². The number of hydrogen-bond donors (Lipinski definition) is 1. The zero-order valence-electron chi connectivity index (χ0n) is 15.2. The van der Waals surface area contributed by atoms with Crippen LogP contribution in [0.15, 0.2) is 18.3 Å². The lowest BCUT2D eigenvalue weighted by atomic mass is 9.49. The number of carbonyl (C=O) groups is 1. The van der Waals surface area contributed by atoms with E-state index in [1.54, 1.807) is 0 Å². The normalized spacial score (nSPS) is 33.7. The molecule has 0 aliphatic heterocycles. The molecule has 4 fully saturated rings. The number of carbonyl (C=O) groups excluding carboxylic acids is 1. The Labute approximate surface area is 145 Å². The van der Waals surface area contributed by atoms with Gasteiger partial charge >= 0.3 is 0 Å². The van der Waals surface area contributed by atoms with Gasteiger partial charge in [0, 0.05) is 25.1 Å². The molecule has 0 saturated heterocycles. The minimum Gasteiger partial charge on any atom is -0.350 e. The highest BCUT2D eigenvalue weighted by Crippen LogP contribution is 2.59. The molecular formula is C21H31N2O+. The molecule has 130 valence electrons. The number of nitrogens with zero attached hydrogens (tertiary/aromatic N) is 1. The van der Waals surface area contributed by atoms with Crippen molar-refractivity contribution in [3.63, 3.8) is 0 Å². The summed E-state index contributed by atoms with van der Waals surface area (Å²) in [6, 6.07) is 4.27. The third kappa shape index (κ3) is 3.10. The summed E-state index contributed by atoms with van der Waals surface area (Å²) >= 11 is 0. The first-order valence-corrected chi connectivity index (χ1v) is 9.81. The molecule has 5 rings (SSSR count). The van der Waals surface area contributed by atoms with Crippen molar-refractivity contribution in [3.8, 4) is 0 Å². The van der Waals surface area contributed by atoms with E-state index >= 15 is 0 Å². The zero-order valence-corrected chi connectivity index (χ0v) is 15.2. The molecule has 24 heavy (non-hydrogen) atoms. The molecule has 0 aromatic carbocycles. The number of nitrogens with one attached hydrogen (secondary N) is 1. The Kier molecular flexibility index (Phi) is 4.14. The second-order valence-electron chi connectivity index (χ2n) is 8.85. The van der Waals surface area contributed by atoms with E-state index in [9.17, 15) is 4.79 Å². The summed E-state index contributed by atoms with van der Waals surface area (Å²) in [7, 11) is 0. The monoisotopic (exact) mass is 327 g/mol. The number of aryl methyl sites for hydroxylation is 2. The van der Waals surface area contributed by atoms with Crippen molar-refractivity contribution in [2.75, 3.05) is 6.54 Å². The number of pyridine rings is 1. The lowest BCUT2D eigenvalue weighted by Crippen LogP contribution is -2.53. The van der Waals surface area contributed by atoms with Crippen molar-refractivity contribution >= 4 is 5.91 Å². The van der Waals surface area contributed by atoms with Crippen LogP contribution in [0.2, 0.25) is 0 Å². The molecule has 4 bridgehead atoms. The van der Waals surface area contributed by atoms with Crippen LogP contribution in [0.4, 0.5) is 0 Å². The molecule has 1 amide bonds. The SMILES string of the molecule is CCc1ccc(C)[n+](CC(=O)NCC23CC4CC(CC(C4)C2)C3)c1. The largest absolute Gasteiger partial charge is 0.350 e. The van der Waals surface area contributed by atoms with Gasteiger partial charge in [0.25, 0.3) is 5.91 Å². The minimum absolute atomic E-state index is 0.173. The number of rotatable bonds is 5. The van der Waals surface area contributed by atoms with Crippen LogP contribution in [0.3, 0.4) is 0 Å². The Morgan fingerprint density at radius 2 is 1.79 bits per heavy atom. The maximum atomic E-state index is 12.5. The van der Waals surface area contributed by atoms with E-state index in [2.05, 4.69) is 42.1 Å². The van der Waals surface area contributed by atoms with Gasteiger partial charge in [-0.2, -0.15) is 4.57 Å². The van der Waals surface area contributed by atoms with Crippen LogP contribution in [0.5, 0.6) is 0 Å². The fourth-order valence-corrected chi connectivity index (χ4v) is 6.05. The summed E-state index contributed by atoms with van der Waals surface area (Å²) in [5, 5.41) is 3.29. The highest BCUT2D eigenvalue weighted by atomic mass is 16.1. The molecule has 0 radical (unpaired) electrons. The molecule has 3 heteroatoms. The average molecular weight is 327 g/mol. The highest BCUT2D eigenvalue weighted by molar-refractivity contribution is 5.74. The van der Waals surface area contributed by atoms with E-state index in [0.29, 0.717) is 12.0 Å². The molecule has 0 atom stereocenters. The van der Waals surface area contributed by atoms with E-state index in [1.807, 2.05) is 0 Å². The second kappa shape index (κ2) is 6.16. The minimum atomic E-state index is 0.173. The van der Waals surface area contributed by atoms with Crippen molar-refractivity contribution in [2.24, 2.45) is 23.2 Å². The van der Waals surface area contributed by atoms with Crippen LogP contribution < -0.4 is 9.88 Å². The molecule has 4 aliphatic carbocycles. The fourth-order valence-electron chi connectivity index (χ4n) is 6.05. The average Bonchev–Trinajstić information content (AvgIpc) is 2.54. The molecule has 1 aromatic rings. The third-order valence-electron chi connectivity index (χ3n) is 6.86. The molecule has 1 heterocycles. The van der Waals surface area contributed by atoms with E-state index < -0.39 is 0 Å². The van der Waals surface area contributed by atoms with Gasteiger partial charge in [0.2, 0.25) is 6.54 Å². The lowest BCUT2D eigenvalue weighted by molar-refractivity contribution is -0.690. The van der Waals surface area contributed by atoms with Gasteiger partial charge in [0.15, 0.2) is 11.9 Å². The summed E-state index contributed by atoms with van der Waals surface area (Å²) in [4.78, 5) is 12.5. The Morgan fingerprint density at radius 3 is 2.38 bits per heavy atom. The standard InChI is InChI=1S/C21H30N2O/c1-3-16-5-4-15(2)23(12-16)13-20(24)22-14-21-9-17-6-18(10-21)8-19(7-17)11-21/h4-5,12,17-19H,3,6-11,13-14H2,1-2H3/p+1. The fraction of sp³-hybridized carbons (Fsp3) is 0.714. The van der Waals surface area contributed by atoms with Gasteiger partial charge in [0.05, 0.1) is 0 Å². The number of amides is 1. The molecule has 4 saturated carbocycles. The van der Waals surface area contributed by atoms with E-state index in [1.165, 1.54) is 44.1 Å². The van der Waals surface area contributed by atoms with Crippen LogP contribution in [0, 0.1) is 30.1 Å². The van der Waals surface area contributed by atoms with Gasteiger partial charge < -0.3 is 5.32 Å². The van der Waals surface area contributed by atoms with Gasteiger partial charge in [-0.3, -0.25) is 4.79 Å². The summed E-state index contributed by atoms with van der Waals surface area (Å²) in [5.41, 5.74) is 2.86. The van der Waals surface area contributed by atoms with Crippen molar-refractivity contribution in [1.29, 1.82) is 0 Å². The van der Waals surface area contributed by atoms with Gasteiger partial charge in [-0.05, 0) is 74.2 Å². The number of aromatic nitrogens is 1. The predicted molar refractivity (Wildman–Crippen MR) is 94.4 cm³/mol. The first kappa shape index (κ1) is 16.1. The number of hydrogen-bond acceptors (Lipinski definition) is 1. The summed E-state index contributed by atoms with van der Waals surface area (Å²) < 4.78 is 2.09. The zero-order chi connectivity index (χ0) is 16.7. The molecular weight excluding hydrogens is 296 g/mol. The quantitative estimate of drug-likeness (QED) is 0.828. The van der Waals surface area contributed by atoms with Gasteiger partial charge in [-0.1, -0.05) is 6.92 Å². The maximum absolute atomic E-state index is 12.5. The summed E-state index contributed by atoms with van der Waals surface area (Å²) in [6.07, 6.45) is 11.6. The molecule has 0 unspecified atom stereocenters. The Balaban J connectivity index is 1.37. The predicted octanol–water partition coefficient (Wildman–Crippen LogP) is 3.18. The Bertz CT molecular complexity index is 601. The molecule has 3 nitrogen and oxygen atoms in total. The lowest BCUT2D eigenvalue weighted by Gasteiger charge is -2.56. The maximum Gasteiger partial charge on any atom is 0.286 e. The van der Waals surface area contributed by atoms with Crippen LogP contribution >= 0.6 is 0 Å².